The SMILES string of the molecule is CCCOc1c(Br)cc(CN2C[C@@H](C(=O)[O-])CC2=O)cc1OC. The van der Waals surface area contributed by atoms with Gasteiger partial charge in [-0.2, -0.15) is 0 Å². The van der Waals surface area contributed by atoms with Crippen LogP contribution in [0.25, 0.3) is 0 Å². The molecular formula is C16H19BrNO5-. The summed E-state index contributed by atoms with van der Waals surface area (Å²) < 4.78 is 11.8. The Hall–Kier alpha value is -1.76. The van der Waals surface area contributed by atoms with E-state index in [0.717, 1.165) is 16.5 Å². The number of benzene rings is 1. The number of halogens is 1. The van der Waals surface area contributed by atoms with E-state index in [9.17, 15) is 14.7 Å². The van der Waals surface area contributed by atoms with Gasteiger partial charge in [0.1, 0.15) is 0 Å². The number of carbonyl (C=O) groups is 2. The first-order chi connectivity index (χ1) is 11.0. The molecule has 1 amide bonds. The van der Waals surface area contributed by atoms with Crippen LogP contribution in [0, 0.1) is 5.92 Å². The Morgan fingerprint density at radius 3 is 2.78 bits per heavy atom. The lowest BCUT2D eigenvalue weighted by Gasteiger charge is -2.19. The minimum Gasteiger partial charge on any atom is -0.550 e. The van der Waals surface area contributed by atoms with Gasteiger partial charge in [-0.3, -0.25) is 4.79 Å². The molecular weight excluding hydrogens is 366 g/mol. The first-order valence-corrected chi connectivity index (χ1v) is 8.23. The van der Waals surface area contributed by atoms with Crippen molar-refractivity contribution < 1.29 is 24.2 Å². The summed E-state index contributed by atoms with van der Waals surface area (Å²) in [4.78, 5) is 24.3. The maximum Gasteiger partial charge on any atom is 0.223 e. The molecule has 0 N–H and O–H groups in total. The zero-order valence-corrected chi connectivity index (χ0v) is 14.7. The molecule has 23 heavy (non-hydrogen) atoms. The molecule has 0 spiro atoms. The van der Waals surface area contributed by atoms with Gasteiger partial charge in [-0.1, -0.05) is 6.92 Å². The minimum atomic E-state index is -1.18. The smallest absolute Gasteiger partial charge is 0.223 e. The van der Waals surface area contributed by atoms with E-state index in [4.69, 9.17) is 9.47 Å². The first kappa shape index (κ1) is 17.6. The van der Waals surface area contributed by atoms with Crippen LogP contribution in [0.15, 0.2) is 16.6 Å². The van der Waals surface area contributed by atoms with Crippen molar-refractivity contribution in [2.45, 2.75) is 26.3 Å². The summed E-state index contributed by atoms with van der Waals surface area (Å²) in [5.41, 5.74) is 0.838. The first-order valence-electron chi connectivity index (χ1n) is 7.44. The van der Waals surface area contributed by atoms with Gasteiger partial charge in [-0.15, -0.1) is 0 Å². The number of carboxylic acid groups (broad SMARTS) is 1. The second-order valence-corrected chi connectivity index (χ2v) is 6.31. The Labute approximate surface area is 143 Å². The predicted octanol–water partition coefficient (Wildman–Crippen LogP) is 1.34. The molecule has 1 heterocycles. The van der Waals surface area contributed by atoms with Gasteiger partial charge in [0.05, 0.1) is 18.2 Å². The minimum absolute atomic E-state index is 0.00165. The summed E-state index contributed by atoms with van der Waals surface area (Å²) in [6.45, 7) is 3.09. The summed E-state index contributed by atoms with van der Waals surface area (Å²) in [7, 11) is 1.55. The van der Waals surface area contributed by atoms with E-state index in [2.05, 4.69) is 15.9 Å². The Morgan fingerprint density at radius 1 is 1.48 bits per heavy atom. The van der Waals surface area contributed by atoms with Gasteiger partial charge in [-0.25, -0.2) is 0 Å². The third kappa shape index (κ3) is 4.16. The number of likely N-dealkylation sites (tertiary alicyclic amines) is 1. The number of nitrogens with zero attached hydrogens (tertiary/aromatic N) is 1. The molecule has 126 valence electrons. The zero-order chi connectivity index (χ0) is 17.0. The molecule has 1 atom stereocenters. The van der Waals surface area contributed by atoms with Crippen molar-refractivity contribution in [2.75, 3.05) is 20.3 Å². The van der Waals surface area contributed by atoms with E-state index in [0.29, 0.717) is 24.7 Å². The van der Waals surface area contributed by atoms with Crippen molar-refractivity contribution in [3.8, 4) is 11.5 Å². The van der Waals surface area contributed by atoms with E-state index in [1.54, 1.807) is 13.2 Å². The average molecular weight is 385 g/mol. The van der Waals surface area contributed by atoms with Crippen LogP contribution in [-0.4, -0.2) is 37.0 Å². The standard InChI is InChI=1S/C16H20BrNO5/c1-3-4-23-15-12(17)5-10(6-13(15)22-2)8-18-9-11(16(20)21)7-14(18)19/h5-6,11H,3-4,7-9H2,1-2H3,(H,20,21)/p-1/t11-/m0/s1. The number of methoxy groups -OCH3 is 1. The lowest BCUT2D eigenvalue weighted by atomic mass is 10.1. The molecule has 6 nitrogen and oxygen atoms in total. The van der Waals surface area contributed by atoms with Crippen LogP contribution in [0.5, 0.6) is 11.5 Å². The monoisotopic (exact) mass is 384 g/mol. The van der Waals surface area contributed by atoms with E-state index >= 15 is 0 Å². The quantitative estimate of drug-likeness (QED) is 0.708. The van der Waals surface area contributed by atoms with Gasteiger partial charge < -0.3 is 24.3 Å². The van der Waals surface area contributed by atoms with Gasteiger partial charge in [0, 0.05) is 31.4 Å². The maximum absolute atomic E-state index is 11.9. The van der Waals surface area contributed by atoms with Crippen LogP contribution >= 0.6 is 15.9 Å². The van der Waals surface area contributed by atoms with Crippen molar-refractivity contribution >= 4 is 27.8 Å². The molecule has 0 unspecified atom stereocenters. The van der Waals surface area contributed by atoms with Crippen LogP contribution in [0.4, 0.5) is 0 Å². The van der Waals surface area contributed by atoms with E-state index in [1.165, 1.54) is 4.90 Å². The highest BCUT2D eigenvalue weighted by molar-refractivity contribution is 9.10. The van der Waals surface area contributed by atoms with Gasteiger partial charge in [0.25, 0.3) is 0 Å². The number of hydrogen-bond donors (Lipinski definition) is 0. The highest BCUT2D eigenvalue weighted by atomic mass is 79.9. The van der Waals surface area contributed by atoms with E-state index < -0.39 is 11.9 Å². The molecule has 1 aliphatic heterocycles. The lowest BCUT2D eigenvalue weighted by Crippen LogP contribution is -2.33. The van der Waals surface area contributed by atoms with Crippen LogP contribution in [0.3, 0.4) is 0 Å². The summed E-state index contributed by atoms with van der Waals surface area (Å²) in [6.07, 6.45) is 0.878. The fourth-order valence-corrected chi connectivity index (χ4v) is 3.12. The Morgan fingerprint density at radius 2 is 2.22 bits per heavy atom. The van der Waals surface area contributed by atoms with Gasteiger partial charge in [0.2, 0.25) is 5.91 Å². The molecule has 2 rings (SSSR count). The number of carboxylic acids is 1. The average Bonchev–Trinajstić information content (AvgIpc) is 2.87. The fourth-order valence-electron chi connectivity index (χ4n) is 2.51. The number of aliphatic carboxylic acids is 1. The molecule has 1 aromatic rings. The van der Waals surface area contributed by atoms with E-state index in [-0.39, 0.29) is 18.9 Å². The topological polar surface area (TPSA) is 78.9 Å². The maximum atomic E-state index is 11.9. The third-order valence-electron chi connectivity index (χ3n) is 3.66. The number of hydrogen-bond acceptors (Lipinski definition) is 5. The second-order valence-electron chi connectivity index (χ2n) is 5.45. The van der Waals surface area contributed by atoms with Crippen molar-refractivity contribution in [1.82, 2.24) is 4.90 Å². The lowest BCUT2D eigenvalue weighted by molar-refractivity contribution is -0.311. The molecule has 7 heteroatoms. The summed E-state index contributed by atoms with van der Waals surface area (Å²) >= 11 is 3.46. The molecule has 1 saturated heterocycles. The third-order valence-corrected chi connectivity index (χ3v) is 4.25. The van der Waals surface area contributed by atoms with Crippen molar-refractivity contribution in [1.29, 1.82) is 0 Å². The van der Waals surface area contributed by atoms with Crippen molar-refractivity contribution in [2.24, 2.45) is 5.92 Å². The highest BCUT2D eigenvalue weighted by Crippen LogP contribution is 2.37. The van der Waals surface area contributed by atoms with Crippen LogP contribution < -0.4 is 14.6 Å². The Kier molecular flexibility index (Phi) is 5.87. The molecule has 0 aromatic heterocycles. The normalized spacial score (nSPS) is 17.4. The van der Waals surface area contributed by atoms with Gasteiger partial charge >= 0.3 is 0 Å². The van der Waals surface area contributed by atoms with Crippen LogP contribution in [0.1, 0.15) is 25.3 Å². The van der Waals surface area contributed by atoms with Gasteiger partial charge in [-0.05, 0) is 40.0 Å². The number of rotatable bonds is 7. The fraction of sp³-hybridized carbons (Fsp3) is 0.500. The Balaban J connectivity index is 2.16. The largest absolute Gasteiger partial charge is 0.550 e. The molecule has 0 aliphatic carbocycles. The molecule has 1 aliphatic rings. The van der Waals surface area contributed by atoms with Gasteiger partial charge in [0.15, 0.2) is 11.5 Å². The van der Waals surface area contributed by atoms with Crippen LogP contribution in [0.2, 0.25) is 0 Å². The molecule has 1 aromatic carbocycles. The molecule has 1 fully saturated rings. The molecule has 0 radical (unpaired) electrons. The summed E-state index contributed by atoms with van der Waals surface area (Å²) in [5, 5.41) is 10.9. The highest BCUT2D eigenvalue weighted by Gasteiger charge is 2.30. The molecule has 0 bridgehead atoms. The summed E-state index contributed by atoms with van der Waals surface area (Å²) in [5.74, 6) is -0.895. The number of amides is 1. The second kappa shape index (κ2) is 7.68. The predicted molar refractivity (Wildman–Crippen MR) is 85.0 cm³/mol. The molecule has 0 saturated carbocycles. The van der Waals surface area contributed by atoms with Crippen molar-refractivity contribution in [3.05, 3.63) is 22.2 Å². The van der Waals surface area contributed by atoms with E-state index in [1.807, 2.05) is 13.0 Å². The number of carbonyl (C=O) groups excluding carboxylic acids is 2. The van der Waals surface area contributed by atoms with Crippen LogP contribution in [-0.2, 0) is 16.1 Å². The van der Waals surface area contributed by atoms with Crippen molar-refractivity contribution in [3.63, 3.8) is 0 Å². The zero-order valence-electron chi connectivity index (χ0n) is 13.1. The summed E-state index contributed by atoms with van der Waals surface area (Å²) in [6, 6.07) is 3.66. The Bertz CT molecular complexity index is 604. The number of ether oxygens (including phenoxy) is 2.